The average Bonchev–Trinajstić information content (AvgIpc) is 2.38. The summed E-state index contributed by atoms with van der Waals surface area (Å²) in [7, 11) is -2.52. The summed E-state index contributed by atoms with van der Waals surface area (Å²) in [6.45, 7) is 0. The number of nitrogens with one attached hydrogen (secondary N) is 1. The lowest BCUT2D eigenvalue weighted by molar-refractivity contribution is 0.385. The van der Waals surface area contributed by atoms with E-state index in [-0.39, 0.29) is 16.5 Å². The van der Waals surface area contributed by atoms with Crippen molar-refractivity contribution in [2.24, 2.45) is 0 Å². The van der Waals surface area contributed by atoms with Crippen LogP contribution in [0.4, 0.5) is 5.69 Å². The fraction of sp³-hybridized carbons (Fsp3) is 0.0909. The zero-order valence-corrected chi connectivity index (χ0v) is 13.3. The van der Waals surface area contributed by atoms with Crippen molar-refractivity contribution >= 4 is 43.2 Å². The number of aromatic nitrogens is 2. The summed E-state index contributed by atoms with van der Waals surface area (Å²) in [4.78, 5) is 7.61. The highest BCUT2D eigenvalue weighted by atomic mass is 79.9. The largest absolute Gasteiger partial charge is 0.480 e. The highest BCUT2D eigenvalue weighted by molar-refractivity contribution is 9.10. The Hall–Kier alpha value is -1.38. The first-order valence-corrected chi connectivity index (χ1v) is 7.90. The molecule has 1 N–H and O–H groups in total. The van der Waals surface area contributed by atoms with Gasteiger partial charge in [0.2, 0.25) is 5.88 Å². The minimum Gasteiger partial charge on any atom is -0.480 e. The number of ether oxygens (including phenoxy) is 1. The van der Waals surface area contributed by atoms with E-state index in [0.29, 0.717) is 9.50 Å². The molecule has 0 radical (unpaired) electrons. The van der Waals surface area contributed by atoms with Crippen LogP contribution < -0.4 is 9.46 Å². The van der Waals surface area contributed by atoms with Gasteiger partial charge in [0.15, 0.2) is 4.90 Å². The Labute approximate surface area is 129 Å². The lowest BCUT2D eigenvalue weighted by Crippen LogP contribution is -2.14. The van der Waals surface area contributed by atoms with Gasteiger partial charge in [-0.3, -0.25) is 9.71 Å². The number of rotatable bonds is 4. The molecule has 0 aliphatic rings. The molecule has 106 valence electrons. The fourth-order valence-corrected chi connectivity index (χ4v) is 3.27. The van der Waals surface area contributed by atoms with E-state index in [4.69, 9.17) is 16.3 Å². The Morgan fingerprint density at radius 2 is 2.05 bits per heavy atom. The SMILES string of the molecule is COc1ncc(Br)cc1S(=O)(=O)Nc1cncc(Cl)c1. The Morgan fingerprint density at radius 3 is 2.70 bits per heavy atom. The number of halogens is 2. The van der Waals surface area contributed by atoms with Crippen LogP contribution in [0.3, 0.4) is 0 Å². The summed E-state index contributed by atoms with van der Waals surface area (Å²) in [5.74, 6) is -0.00399. The fourth-order valence-electron chi connectivity index (χ4n) is 1.43. The monoisotopic (exact) mass is 377 g/mol. The molecule has 0 aliphatic carbocycles. The van der Waals surface area contributed by atoms with Crippen LogP contribution in [0, 0.1) is 0 Å². The molecule has 2 aromatic rings. The zero-order valence-electron chi connectivity index (χ0n) is 10.2. The number of nitrogens with zero attached hydrogens (tertiary/aromatic N) is 2. The zero-order chi connectivity index (χ0) is 14.8. The van der Waals surface area contributed by atoms with Gasteiger partial charge in [0, 0.05) is 16.9 Å². The minimum absolute atomic E-state index is 0.00399. The second-order valence-electron chi connectivity index (χ2n) is 3.66. The van der Waals surface area contributed by atoms with Gasteiger partial charge in [-0.15, -0.1) is 0 Å². The number of hydrogen-bond donors (Lipinski definition) is 1. The Balaban J connectivity index is 2.43. The van der Waals surface area contributed by atoms with Gasteiger partial charge in [0.05, 0.1) is 24.0 Å². The molecule has 2 rings (SSSR count). The summed E-state index contributed by atoms with van der Waals surface area (Å²) in [5, 5.41) is 0.324. The van der Waals surface area contributed by atoms with Crippen molar-refractivity contribution in [2.45, 2.75) is 4.90 Å². The van der Waals surface area contributed by atoms with Crippen LogP contribution in [0.1, 0.15) is 0 Å². The van der Waals surface area contributed by atoms with E-state index in [9.17, 15) is 8.42 Å². The first kappa shape index (κ1) is 15.0. The van der Waals surface area contributed by atoms with Gasteiger partial charge in [0.1, 0.15) is 0 Å². The molecule has 2 aromatic heterocycles. The predicted octanol–water partition coefficient (Wildman–Crippen LogP) is 2.70. The quantitative estimate of drug-likeness (QED) is 0.884. The van der Waals surface area contributed by atoms with Gasteiger partial charge in [-0.05, 0) is 28.1 Å². The topological polar surface area (TPSA) is 81.2 Å². The molecule has 0 saturated carbocycles. The lowest BCUT2D eigenvalue weighted by atomic mass is 10.4. The second-order valence-corrected chi connectivity index (χ2v) is 6.66. The summed E-state index contributed by atoms with van der Waals surface area (Å²) < 4.78 is 32.5. The van der Waals surface area contributed by atoms with E-state index in [1.807, 2.05) is 0 Å². The molecule has 0 saturated heterocycles. The van der Waals surface area contributed by atoms with Crippen molar-refractivity contribution in [3.8, 4) is 5.88 Å². The van der Waals surface area contributed by atoms with E-state index >= 15 is 0 Å². The van der Waals surface area contributed by atoms with Crippen LogP contribution in [-0.4, -0.2) is 25.5 Å². The molecular formula is C11H9BrClN3O3S. The number of pyridine rings is 2. The predicted molar refractivity (Wildman–Crippen MR) is 78.5 cm³/mol. The van der Waals surface area contributed by atoms with Gasteiger partial charge in [0.25, 0.3) is 10.0 Å². The van der Waals surface area contributed by atoms with Crippen molar-refractivity contribution in [3.05, 3.63) is 40.2 Å². The van der Waals surface area contributed by atoms with Gasteiger partial charge >= 0.3 is 0 Å². The van der Waals surface area contributed by atoms with Crippen LogP contribution in [0.2, 0.25) is 5.02 Å². The van der Waals surface area contributed by atoms with Crippen molar-refractivity contribution in [1.29, 1.82) is 0 Å². The number of hydrogen-bond acceptors (Lipinski definition) is 5. The van der Waals surface area contributed by atoms with Crippen LogP contribution in [0.15, 0.2) is 40.1 Å². The molecule has 0 spiro atoms. The van der Waals surface area contributed by atoms with Crippen LogP contribution >= 0.6 is 27.5 Å². The van der Waals surface area contributed by atoms with E-state index in [2.05, 4.69) is 30.6 Å². The minimum atomic E-state index is -3.86. The van der Waals surface area contributed by atoms with E-state index in [0.717, 1.165) is 0 Å². The smallest absolute Gasteiger partial charge is 0.267 e. The van der Waals surface area contributed by atoms with Crippen molar-refractivity contribution in [3.63, 3.8) is 0 Å². The molecule has 0 bridgehead atoms. The van der Waals surface area contributed by atoms with Crippen LogP contribution in [0.25, 0.3) is 0 Å². The molecule has 0 amide bonds. The third-order valence-electron chi connectivity index (χ3n) is 2.22. The maximum atomic E-state index is 12.3. The molecule has 9 heteroatoms. The number of sulfonamides is 1. The molecule has 0 unspecified atom stereocenters. The first-order chi connectivity index (χ1) is 9.42. The third kappa shape index (κ3) is 3.38. The van der Waals surface area contributed by atoms with Crippen LogP contribution in [0.5, 0.6) is 5.88 Å². The van der Waals surface area contributed by atoms with Crippen molar-refractivity contribution < 1.29 is 13.2 Å². The third-order valence-corrected chi connectivity index (χ3v) is 4.24. The van der Waals surface area contributed by atoms with Crippen molar-refractivity contribution in [1.82, 2.24) is 9.97 Å². The second kappa shape index (κ2) is 5.94. The molecule has 0 aromatic carbocycles. The summed E-state index contributed by atoms with van der Waals surface area (Å²) in [6, 6.07) is 2.84. The average molecular weight is 379 g/mol. The Bertz CT molecular complexity index is 739. The molecule has 0 fully saturated rings. The van der Waals surface area contributed by atoms with E-state index in [1.165, 1.54) is 37.8 Å². The summed E-state index contributed by atoms with van der Waals surface area (Å²) >= 11 is 8.93. The molecule has 0 aliphatic heterocycles. The lowest BCUT2D eigenvalue weighted by Gasteiger charge is -2.10. The highest BCUT2D eigenvalue weighted by Crippen LogP contribution is 2.26. The number of anilines is 1. The van der Waals surface area contributed by atoms with Gasteiger partial charge in [-0.25, -0.2) is 13.4 Å². The molecule has 6 nitrogen and oxygen atoms in total. The van der Waals surface area contributed by atoms with Crippen molar-refractivity contribution in [2.75, 3.05) is 11.8 Å². The van der Waals surface area contributed by atoms with E-state index in [1.54, 1.807) is 0 Å². The van der Waals surface area contributed by atoms with E-state index < -0.39 is 10.0 Å². The molecule has 0 atom stereocenters. The first-order valence-electron chi connectivity index (χ1n) is 5.25. The van der Waals surface area contributed by atoms with Gasteiger partial charge in [-0.2, -0.15) is 0 Å². The maximum absolute atomic E-state index is 12.3. The number of methoxy groups -OCH3 is 1. The van der Waals surface area contributed by atoms with Crippen LogP contribution in [-0.2, 0) is 10.0 Å². The standard InChI is InChI=1S/C11H9BrClN3O3S/c1-19-11-10(2-7(12)4-15-11)20(17,18)16-9-3-8(13)5-14-6-9/h2-6,16H,1H3. The summed E-state index contributed by atoms with van der Waals surface area (Å²) in [5.41, 5.74) is 0.250. The summed E-state index contributed by atoms with van der Waals surface area (Å²) in [6.07, 6.45) is 4.20. The van der Waals surface area contributed by atoms with Gasteiger partial charge < -0.3 is 4.74 Å². The molecular weight excluding hydrogens is 370 g/mol. The highest BCUT2D eigenvalue weighted by Gasteiger charge is 2.21. The maximum Gasteiger partial charge on any atom is 0.267 e. The molecule has 2 heterocycles. The Morgan fingerprint density at radius 1 is 1.30 bits per heavy atom. The normalized spacial score (nSPS) is 11.2. The molecule has 20 heavy (non-hydrogen) atoms. The Kier molecular flexibility index (Phi) is 4.46. The van der Waals surface area contributed by atoms with Gasteiger partial charge in [-0.1, -0.05) is 11.6 Å².